The van der Waals surface area contributed by atoms with Gasteiger partial charge in [-0.25, -0.2) is 14.6 Å². The Morgan fingerprint density at radius 2 is 1.95 bits per heavy atom. The van der Waals surface area contributed by atoms with Gasteiger partial charge in [0.15, 0.2) is 0 Å². The molecule has 0 unspecified atom stereocenters. The van der Waals surface area contributed by atoms with Gasteiger partial charge in [0.05, 0.1) is 16.8 Å². The molecule has 5 nitrogen and oxygen atoms in total. The summed E-state index contributed by atoms with van der Waals surface area (Å²) in [6.07, 6.45) is 4.45. The normalized spacial score (nSPS) is 10.8. The van der Waals surface area contributed by atoms with E-state index >= 15 is 0 Å². The van der Waals surface area contributed by atoms with Crippen LogP contribution in [0.15, 0.2) is 24.4 Å². The second-order valence-corrected chi connectivity index (χ2v) is 5.16. The number of hydrogen-bond acceptors (Lipinski definition) is 4. The van der Waals surface area contributed by atoms with Crippen molar-refractivity contribution in [2.24, 2.45) is 0 Å². The number of halogens is 1. The minimum absolute atomic E-state index is 0.0131. The number of carbonyl (C=O) groups is 2. The molecular formula is C13H8ClNO4S. The summed E-state index contributed by atoms with van der Waals surface area (Å²) in [6.45, 7) is 0. The number of rotatable bonds is 4. The molecular weight excluding hydrogens is 302 g/mol. The van der Waals surface area contributed by atoms with Crippen LogP contribution in [0.4, 0.5) is 0 Å². The van der Waals surface area contributed by atoms with Gasteiger partial charge in [-0.15, -0.1) is 11.3 Å². The van der Waals surface area contributed by atoms with E-state index in [4.69, 9.17) is 21.8 Å². The Bertz CT molecular complexity index is 708. The molecule has 0 spiro atoms. The highest BCUT2D eigenvalue weighted by atomic mass is 35.5. The van der Waals surface area contributed by atoms with Crippen molar-refractivity contribution in [3.8, 4) is 0 Å². The summed E-state index contributed by atoms with van der Waals surface area (Å²) in [6, 6.07) is 4.66. The topological polar surface area (TPSA) is 87.5 Å². The molecule has 1 aromatic carbocycles. The lowest BCUT2D eigenvalue weighted by Gasteiger charge is -2.01. The quantitative estimate of drug-likeness (QED) is 0.904. The predicted octanol–water partition coefficient (Wildman–Crippen LogP) is 3.36. The monoisotopic (exact) mass is 309 g/mol. The summed E-state index contributed by atoms with van der Waals surface area (Å²) in [5, 5.41) is 18.4. The Hall–Kier alpha value is -2.18. The highest BCUT2D eigenvalue weighted by Crippen LogP contribution is 2.24. The fourth-order valence-electron chi connectivity index (χ4n) is 1.47. The molecule has 0 aliphatic carbocycles. The predicted molar refractivity (Wildman–Crippen MR) is 76.4 cm³/mol. The summed E-state index contributed by atoms with van der Waals surface area (Å²) in [7, 11) is 0. The fourth-order valence-corrected chi connectivity index (χ4v) is 2.40. The van der Waals surface area contributed by atoms with E-state index in [1.807, 2.05) is 0 Å². The Kier molecular flexibility index (Phi) is 4.16. The molecule has 2 N–H and O–H groups in total. The van der Waals surface area contributed by atoms with E-state index < -0.39 is 11.9 Å². The van der Waals surface area contributed by atoms with Gasteiger partial charge in [0.2, 0.25) is 0 Å². The summed E-state index contributed by atoms with van der Waals surface area (Å²) in [4.78, 5) is 25.7. The minimum atomic E-state index is -1.10. The van der Waals surface area contributed by atoms with E-state index in [9.17, 15) is 9.59 Å². The lowest BCUT2D eigenvalue weighted by atomic mass is 10.1. The summed E-state index contributed by atoms with van der Waals surface area (Å²) >= 11 is 7.00. The van der Waals surface area contributed by atoms with Crippen LogP contribution in [0.2, 0.25) is 5.02 Å². The van der Waals surface area contributed by atoms with Crippen LogP contribution in [0.5, 0.6) is 0 Å². The van der Waals surface area contributed by atoms with Crippen LogP contribution in [-0.2, 0) is 0 Å². The van der Waals surface area contributed by atoms with Crippen molar-refractivity contribution >= 4 is 47.0 Å². The van der Waals surface area contributed by atoms with Crippen molar-refractivity contribution in [3.05, 3.63) is 50.4 Å². The Balaban J connectivity index is 2.29. The number of aromatic nitrogens is 1. The number of aromatic carboxylic acids is 2. The molecule has 0 aliphatic rings. The lowest BCUT2D eigenvalue weighted by molar-refractivity contribution is 0.0688. The molecule has 1 heterocycles. The SMILES string of the molecule is O=C(O)c1cnc(C=Cc2cccc(C(=O)O)c2Cl)s1. The van der Waals surface area contributed by atoms with Gasteiger partial charge in [0.25, 0.3) is 0 Å². The van der Waals surface area contributed by atoms with E-state index in [0.717, 1.165) is 11.3 Å². The van der Waals surface area contributed by atoms with Crippen LogP contribution in [0, 0.1) is 0 Å². The van der Waals surface area contributed by atoms with E-state index in [1.165, 1.54) is 12.3 Å². The largest absolute Gasteiger partial charge is 0.478 e. The Morgan fingerprint density at radius 1 is 1.20 bits per heavy atom. The van der Waals surface area contributed by atoms with Gasteiger partial charge in [-0.3, -0.25) is 0 Å². The van der Waals surface area contributed by atoms with Crippen LogP contribution < -0.4 is 0 Å². The van der Waals surface area contributed by atoms with Crippen molar-refractivity contribution in [2.75, 3.05) is 0 Å². The number of thiazole rings is 1. The molecule has 0 radical (unpaired) electrons. The number of benzene rings is 1. The Morgan fingerprint density at radius 3 is 2.55 bits per heavy atom. The number of nitrogens with zero attached hydrogens (tertiary/aromatic N) is 1. The number of hydrogen-bond donors (Lipinski definition) is 2. The smallest absolute Gasteiger partial charge is 0.347 e. The summed E-state index contributed by atoms with van der Waals surface area (Å²) in [5.41, 5.74) is 0.540. The summed E-state index contributed by atoms with van der Waals surface area (Å²) in [5.74, 6) is -2.14. The molecule has 2 rings (SSSR count). The van der Waals surface area contributed by atoms with Crippen LogP contribution in [0.3, 0.4) is 0 Å². The zero-order valence-corrected chi connectivity index (χ0v) is 11.5. The third-order valence-corrected chi connectivity index (χ3v) is 3.77. The highest BCUT2D eigenvalue weighted by Gasteiger charge is 2.10. The third kappa shape index (κ3) is 3.04. The van der Waals surface area contributed by atoms with Crippen molar-refractivity contribution in [1.82, 2.24) is 4.98 Å². The molecule has 0 atom stereocenters. The van der Waals surface area contributed by atoms with Gasteiger partial charge in [-0.05, 0) is 17.7 Å². The van der Waals surface area contributed by atoms with Crippen LogP contribution in [0.25, 0.3) is 12.2 Å². The van der Waals surface area contributed by atoms with Gasteiger partial charge in [0.1, 0.15) is 9.88 Å². The molecule has 7 heteroatoms. The lowest BCUT2D eigenvalue weighted by Crippen LogP contribution is -1.97. The Labute approximate surface area is 122 Å². The molecule has 0 saturated carbocycles. The van der Waals surface area contributed by atoms with Crippen molar-refractivity contribution < 1.29 is 19.8 Å². The first-order valence-electron chi connectivity index (χ1n) is 5.38. The number of carboxylic acids is 2. The van der Waals surface area contributed by atoms with Crippen molar-refractivity contribution in [2.45, 2.75) is 0 Å². The van der Waals surface area contributed by atoms with Crippen molar-refractivity contribution in [1.29, 1.82) is 0 Å². The average Bonchev–Trinajstić information content (AvgIpc) is 2.86. The van der Waals surface area contributed by atoms with E-state index in [2.05, 4.69) is 4.98 Å². The van der Waals surface area contributed by atoms with Gasteiger partial charge >= 0.3 is 11.9 Å². The van der Waals surface area contributed by atoms with E-state index in [0.29, 0.717) is 10.6 Å². The number of carboxylic acid groups (broad SMARTS) is 2. The highest BCUT2D eigenvalue weighted by molar-refractivity contribution is 7.14. The van der Waals surface area contributed by atoms with Crippen LogP contribution in [0.1, 0.15) is 30.6 Å². The first-order valence-corrected chi connectivity index (χ1v) is 6.57. The summed E-state index contributed by atoms with van der Waals surface area (Å²) < 4.78 is 0. The third-order valence-electron chi connectivity index (χ3n) is 2.40. The standard InChI is InChI=1S/C13H8ClNO4S/c14-11-7(2-1-3-8(11)12(16)17)4-5-10-15-6-9(20-10)13(18)19/h1-6H,(H,16,17)(H,18,19). The molecule has 102 valence electrons. The first kappa shape index (κ1) is 14.2. The maximum absolute atomic E-state index is 10.9. The van der Waals surface area contributed by atoms with Gasteiger partial charge in [-0.2, -0.15) is 0 Å². The molecule has 1 aromatic heterocycles. The maximum atomic E-state index is 10.9. The molecule has 20 heavy (non-hydrogen) atoms. The minimum Gasteiger partial charge on any atom is -0.478 e. The second kappa shape index (κ2) is 5.85. The van der Waals surface area contributed by atoms with Crippen LogP contribution in [-0.4, -0.2) is 27.1 Å². The molecule has 0 aliphatic heterocycles. The zero-order chi connectivity index (χ0) is 14.7. The van der Waals surface area contributed by atoms with Gasteiger partial charge in [0, 0.05) is 0 Å². The molecule has 0 amide bonds. The second-order valence-electron chi connectivity index (χ2n) is 3.72. The van der Waals surface area contributed by atoms with Crippen molar-refractivity contribution in [3.63, 3.8) is 0 Å². The molecule has 0 bridgehead atoms. The first-order chi connectivity index (χ1) is 9.49. The fraction of sp³-hybridized carbons (Fsp3) is 0. The van der Waals surface area contributed by atoms with E-state index in [-0.39, 0.29) is 15.5 Å². The van der Waals surface area contributed by atoms with Gasteiger partial charge < -0.3 is 10.2 Å². The molecule has 0 fully saturated rings. The average molecular weight is 310 g/mol. The zero-order valence-electron chi connectivity index (χ0n) is 9.91. The molecule has 0 saturated heterocycles. The van der Waals surface area contributed by atoms with Crippen LogP contribution >= 0.6 is 22.9 Å². The van der Waals surface area contributed by atoms with E-state index in [1.54, 1.807) is 24.3 Å². The van der Waals surface area contributed by atoms with Gasteiger partial charge in [-0.1, -0.05) is 29.8 Å². The molecule has 2 aromatic rings. The maximum Gasteiger partial charge on any atom is 0.347 e.